The van der Waals surface area contributed by atoms with Crippen molar-refractivity contribution in [1.29, 1.82) is 0 Å². The van der Waals surface area contributed by atoms with Crippen LogP contribution in [0.15, 0.2) is 34.0 Å². The van der Waals surface area contributed by atoms with Crippen LogP contribution in [0.5, 0.6) is 0 Å². The molecule has 0 bridgehead atoms. The second-order valence-electron chi connectivity index (χ2n) is 1.73. The van der Waals surface area contributed by atoms with Crippen molar-refractivity contribution in [3.63, 3.8) is 0 Å². The van der Waals surface area contributed by atoms with E-state index in [2.05, 4.69) is 41.7 Å². The molecule has 0 heterocycles. The van der Waals surface area contributed by atoms with Gasteiger partial charge in [0.25, 0.3) is 0 Å². The van der Waals surface area contributed by atoms with E-state index in [0.717, 1.165) is 0 Å². The van der Waals surface area contributed by atoms with Gasteiger partial charge in [0, 0.05) is 0 Å². The van der Waals surface area contributed by atoms with Gasteiger partial charge in [-0.1, -0.05) is 52.5 Å². The molecule has 0 saturated heterocycles. The summed E-state index contributed by atoms with van der Waals surface area (Å²) in [5.74, 6) is 0. The van der Waals surface area contributed by atoms with E-state index in [1.165, 1.54) is 5.57 Å². The fourth-order valence-corrected chi connectivity index (χ4v) is 0.714. The normalized spacial score (nSPS) is 13.9. The SMILES string of the molecule is CC=C/C(C)=C\C=C/I. The van der Waals surface area contributed by atoms with Crippen LogP contribution in [0.3, 0.4) is 0 Å². The number of hydrogen-bond acceptors (Lipinski definition) is 0. The molecule has 0 fully saturated rings. The summed E-state index contributed by atoms with van der Waals surface area (Å²) in [4.78, 5) is 0. The van der Waals surface area contributed by atoms with E-state index in [4.69, 9.17) is 0 Å². The summed E-state index contributed by atoms with van der Waals surface area (Å²) in [5, 5.41) is 0. The van der Waals surface area contributed by atoms with Crippen LogP contribution in [0.2, 0.25) is 0 Å². The summed E-state index contributed by atoms with van der Waals surface area (Å²) in [6, 6.07) is 0. The zero-order chi connectivity index (χ0) is 7.11. The van der Waals surface area contributed by atoms with Gasteiger partial charge in [0.15, 0.2) is 0 Å². The van der Waals surface area contributed by atoms with Crippen molar-refractivity contribution in [2.24, 2.45) is 0 Å². The molecular formula is C8H11I. The molecule has 0 aromatic heterocycles. The van der Waals surface area contributed by atoms with Crippen LogP contribution in [0, 0.1) is 0 Å². The molecule has 50 valence electrons. The van der Waals surface area contributed by atoms with Gasteiger partial charge in [-0.15, -0.1) is 0 Å². The summed E-state index contributed by atoms with van der Waals surface area (Å²) in [6.07, 6.45) is 8.21. The molecule has 0 radical (unpaired) electrons. The molecule has 0 aliphatic carbocycles. The first kappa shape index (κ1) is 8.95. The molecule has 0 amide bonds. The van der Waals surface area contributed by atoms with E-state index in [1.807, 2.05) is 23.2 Å². The van der Waals surface area contributed by atoms with Gasteiger partial charge in [-0.3, -0.25) is 0 Å². The molecule has 0 nitrogen and oxygen atoms in total. The van der Waals surface area contributed by atoms with E-state index < -0.39 is 0 Å². The zero-order valence-corrected chi connectivity index (χ0v) is 7.92. The number of halogens is 1. The molecule has 0 aliphatic rings. The predicted octanol–water partition coefficient (Wildman–Crippen LogP) is 3.46. The van der Waals surface area contributed by atoms with Gasteiger partial charge in [-0.25, -0.2) is 0 Å². The van der Waals surface area contributed by atoms with Crippen molar-refractivity contribution in [2.45, 2.75) is 13.8 Å². The van der Waals surface area contributed by atoms with Gasteiger partial charge in [-0.2, -0.15) is 0 Å². The Kier molecular flexibility index (Phi) is 6.04. The van der Waals surface area contributed by atoms with Crippen molar-refractivity contribution in [3.05, 3.63) is 34.0 Å². The van der Waals surface area contributed by atoms with Crippen LogP contribution < -0.4 is 0 Å². The molecule has 1 heteroatoms. The summed E-state index contributed by atoms with van der Waals surface area (Å²) in [6.45, 7) is 4.10. The van der Waals surface area contributed by atoms with E-state index in [9.17, 15) is 0 Å². The molecule has 0 unspecified atom stereocenters. The van der Waals surface area contributed by atoms with Gasteiger partial charge in [-0.05, 0) is 17.9 Å². The average molecular weight is 234 g/mol. The summed E-state index contributed by atoms with van der Waals surface area (Å²) < 4.78 is 1.99. The van der Waals surface area contributed by atoms with Crippen molar-refractivity contribution in [1.82, 2.24) is 0 Å². The number of allylic oxidation sites excluding steroid dienone is 5. The Balaban J connectivity index is 3.84. The lowest BCUT2D eigenvalue weighted by Crippen LogP contribution is -1.62. The first-order chi connectivity index (χ1) is 4.31. The minimum atomic E-state index is 1.28. The Morgan fingerprint density at radius 1 is 1.44 bits per heavy atom. The Morgan fingerprint density at radius 3 is 2.56 bits per heavy atom. The Hall–Kier alpha value is -0.0500. The minimum absolute atomic E-state index is 1.28. The van der Waals surface area contributed by atoms with E-state index in [0.29, 0.717) is 0 Å². The van der Waals surface area contributed by atoms with Gasteiger partial charge in [0.2, 0.25) is 0 Å². The fourth-order valence-electron chi connectivity index (χ4n) is 0.507. The molecule has 0 saturated carbocycles. The van der Waals surface area contributed by atoms with Crippen molar-refractivity contribution in [3.8, 4) is 0 Å². The molecular weight excluding hydrogens is 223 g/mol. The third-order valence-electron chi connectivity index (χ3n) is 0.861. The van der Waals surface area contributed by atoms with Crippen molar-refractivity contribution >= 4 is 22.6 Å². The lowest BCUT2D eigenvalue weighted by Gasteiger charge is -1.83. The lowest BCUT2D eigenvalue weighted by atomic mass is 10.2. The quantitative estimate of drug-likeness (QED) is 0.507. The topological polar surface area (TPSA) is 0 Å². The Labute approximate surface area is 70.5 Å². The first-order valence-corrected chi connectivity index (χ1v) is 4.12. The lowest BCUT2D eigenvalue weighted by molar-refractivity contribution is 1.50. The molecule has 0 atom stereocenters. The van der Waals surface area contributed by atoms with E-state index >= 15 is 0 Å². The Morgan fingerprint density at radius 2 is 2.11 bits per heavy atom. The summed E-state index contributed by atoms with van der Waals surface area (Å²) >= 11 is 2.20. The van der Waals surface area contributed by atoms with Gasteiger partial charge >= 0.3 is 0 Å². The highest BCUT2D eigenvalue weighted by Gasteiger charge is 1.73. The highest BCUT2D eigenvalue weighted by molar-refractivity contribution is 14.1. The molecule has 0 spiro atoms. The maximum atomic E-state index is 2.20. The van der Waals surface area contributed by atoms with E-state index in [1.54, 1.807) is 0 Å². The number of rotatable bonds is 2. The minimum Gasteiger partial charge on any atom is -0.0874 e. The highest BCUT2D eigenvalue weighted by Crippen LogP contribution is 1.95. The zero-order valence-electron chi connectivity index (χ0n) is 5.76. The second-order valence-corrected chi connectivity index (χ2v) is 2.45. The van der Waals surface area contributed by atoms with Crippen LogP contribution >= 0.6 is 22.6 Å². The molecule has 0 aromatic carbocycles. The van der Waals surface area contributed by atoms with Crippen LogP contribution in [0.1, 0.15) is 13.8 Å². The third-order valence-corrected chi connectivity index (χ3v) is 1.28. The van der Waals surface area contributed by atoms with Gasteiger partial charge in [0.05, 0.1) is 0 Å². The van der Waals surface area contributed by atoms with Gasteiger partial charge < -0.3 is 0 Å². The summed E-state index contributed by atoms with van der Waals surface area (Å²) in [7, 11) is 0. The van der Waals surface area contributed by atoms with Crippen LogP contribution in [0.25, 0.3) is 0 Å². The molecule has 0 rings (SSSR count). The largest absolute Gasteiger partial charge is 0.0874 e. The molecule has 0 aliphatic heterocycles. The molecule has 9 heavy (non-hydrogen) atoms. The average Bonchev–Trinajstić information content (AvgIpc) is 1.85. The molecule has 0 N–H and O–H groups in total. The summed E-state index contributed by atoms with van der Waals surface area (Å²) in [5.41, 5.74) is 1.28. The van der Waals surface area contributed by atoms with Crippen molar-refractivity contribution < 1.29 is 0 Å². The maximum Gasteiger partial charge on any atom is -0.0234 e. The second kappa shape index (κ2) is 6.08. The smallest absolute Gasteiger partial charge is 0.0234 e. The predicted molar refractivity (Wildman–Crippen MR) is 51.7 cm³/mol. The number of hydrogen-bond donors (Lipinski definition) is 0. The van der Waals surface area contributed by atoms with Crippen molar-refractivity contribution in [2.75, 3.05) is 0 Å². The highest BCUT2D eigenvalue weighted by atomic mass is 127. The Bertz CT molecular complexity index is 141. The molecule has 0 aromatic rings. The monoisotopic (exact) mass is 234 g/mol. The third kappa shape index (κ3) is 5.83. The first-order valence-electron chi connectivity index (χ1n) is 2.87. The van der Waals surface area contributed by atoms with Crippen LogP contribution in [-0.2, 0) is 0 Å². The van der Waals surface area contributed by atoms with Crippen LogP contribution in [-0.4, -0.2) is 0 Å². The fraction of sp³-hybridized carbons (Fsp3) is 0.250. The standard InChI is InChI=1S/C8H11I/c1-3-5-8(2)6-4-7-9/h3-7H,1-2H3/b5-3?,7-4-,8-6-. The van der Waals surface area contributed by atoms with Gasteiger partial charge in [0.1, 0.15) is 0 Å². The van der Waals surface area contributed by atoms with E-state index in [-0.39, 0.29) is 0 Å². The maximum absolute atomic E-state index is 2.20. The van der Waals surface area contributed by atoms with Crippen LogP contribution in [0.4, 0.5) is 0 Å².